The Labute approximate surface area is 149 Å². The molecule has 1 atom stereocenters. The molecule has 0 bridgehead atoms. The van der Waals surface area contributed by atoms with Gasteiger partial charge in [0, 0.05) is 31.0 Å². The summed E-state index contributed by atoms with van der Waals surface area (Å²) in [5, 5.41) is 11.1. The van der Waals surface area contributed by atoms with Gasteiger partial charge in [0.05, 0.1) is 5.71 Å². The van der Waals surface area contributed by atoms with Gasteiger partial charge in [-0.2, -0.15) is 0 Å². The molecule has 2 rings (SSSR count). The normalized spacial score (nSPS) is 15.0. The van der Waals surface area contributed by atoms with Crippen LogP contribution >= 0.6 is 0 Å². The van der Waals surface area contributed by atoms with Crippen LogP contribution in [0.15, 0.2) is 24.5 Å². The third kappa shape index (κ3) is 7.01. The topological polar surface area (TPSA) is 95.4 Å². The van der Waals surface area contributed by atoms with Crippen LogP contribution in [-0.2, 0) is 14.3 Å². The molecular weight excluding hydrogens is 320 g/mol. The number of hydrogen-bond donors (Lipinski definition) is 2. The fourth-order valence-electron chi connectivity index (χ4n) is 2.35. The Morgan fingerprint density at radius 2 is 1.88 bits per heavy atom. The van der Waals surface area contributed by atoms with Crippen LogP contribution in [0, 0.1) is 5.41 Å². The standard InChI is InChI=1S/C13H18N4O.C5H10O2/c1-15-12(13(18)17-8-2-3-9-17)11(14)10-4-6-16-7-5-10;1-5(2,3)7-4-6/h4-7,12,14-15H,2-3,8-9H2,1H3;4H,1-3H3. The lowest BCUT2D eigenvalue weighted by Crippen LogP contribution is -2.48. The number of nitrogens with one attached hydrogen (secondary N) is 2. The van der Waals surface area contributed by atoms with E-state index in [1.807, 2.05) is 25.7 Å². The number of carbonyl (C=O) groups excluding carboxylic acids is 2. The largest absolute Gasteiger partial charge is 0.462 e. The fourth-order valence-corrected chi connectivity index (χ4v) is 2.35. The van der Waals surface area contributed by atoms with E-state index < -0.39 is 6.04 Å². The lowest BCUT2D eigenvalue weighted by Gasteiger charge is -2.23. The van der Waals surface area contributed by atoms with Gasteiger partial charge in [-0.3, -0.25) is 14.6 Å². The van der Waals surface area contributed by atoms with Gasteiger partial charge in [0.2, 0.25) is 5.91 Å². The monoisotopic (exact) mass is 348 g/mol. The van der Waals surface area contributed by atoms with Crippen LogP contribution < -0.4 is 5.32 Å². The second-order valence-electron chi connectivity index (χ2n) is 6.73. The minimum Gasteiger partial charge on any atom is -0.462 e. The van der Waals surface area contributed by atoms with E-state index in [1.54, 1.807) is 31.6 Å². The number of pyridine rings is 1. The SMILES string of the molecule is CC(C)(C)OC=O.CNC(C(=N)c1ccncc1)C(=O)N1CCCC1. The zero-order chi connectivity index (χ0) is 18.9. The molecule has 2 N–H and O–H groups in total. The Kier molecular flexibility index (Phi) is 8.21. The second kappa shape index (κ2) is 9.88. The molecule has 1 unspecified atom stereocenters. The number of aromatic nitrogens is 1. The maximum Gasteiger partial charge on any atom is 0.293 e. The van der Waals surface area contributed by atoms with Crippen LogP contribution in [0.5, 0.6) is 0 Å². The minimum atomic E-state index is -0.564. The van der Waals surface area contributed by atoms with Crippen molar-refractivity contribution >= 4 is 18.1 Å². The van der Waals surface area contributed by atoms with E-state index in [-0.39, 0.29) is 11.5 Å². The zero-order valence-corrected chi connectivity index (χ0v) is 15.4. The molecule has 2 heterocycles. The van der Waals surface area contributed by atoms with E-state index in [0.29, 0.717) is 12.2 Å². The quantitative estimate of drug-likeness (QED) is 0.623. The molecule has 0 spiro atoms. The second-order valence-corrected chi connectivity index (χ2v) is 6.73. The van der Waals surface area contributed by atoms with Crippen molar-refractivity contribution in [3.05, 3.63) is 30.1 Å². The summed E-state index contributed by atoms with van der Waals surface area (Å²) in [5.41, 5.74) is 0.718. The van der Waals surface area contributed by atoms with E-state index in [4.69, 9.17) is 5.41 Å². The van der Waals surface area contributed by atoms with E-state index in [0.717, 1.165) is 31.5 Å². The Morgan fingerprint density at radius 3 is 2.28 bits per heavy atom. The van der Waals surface area contributed by atoms with Crippen LogP contribution in [-0.4, -0.2) is 59.8 Å². The first-order chi connectivity index (χ1) is 11.8. The number of likely N-dealkylation sites (tertiary alicyclic amines) is 1. The van der Waals surface area contributed by atoms with Crippen molar-refractivity contribution in [3.63, 3.8) is 0 Å². The van der Waals surface area contributed by atoms with E-state index in [1.165, 1.54) is 0 Å². The summed E-state index contributed by atoms with van der Waals surface area (Å²) in [6.07, 6.45) is 5.39. The number of hydrogen-bond acceptors (Lipinski definition) is 6. The van der Waals surface area contributed by atoms with Gasteiger partial charge < -0.3 is 20.4 Å². The molecule has 7 nitrogen and oxygen atoms in total. The molecule has 1 aliphatic rings. The maximum atomic E-state index is 12.3. The van der Waals surface area contributed by atoms with Gasteiger partial charge in [0.1, 0.15) is 11.6 Å². The lowest BCUT2D eigenvalue weighted by molar-refractivity contribution is -0.138. The molecule has 0 aliphatic carbocycles. The van der Waals surface area contributed by atoms with Crippen LogP contribution in [0.2, 0.25) is 0 Å². The summed E-state index contributed by atoms with van der Waals surface area (Å²) in [5.74, 6) is -0.00295. The van der Waals surface area contributed by atoms with Crippen molar-refractivity contribution in [2.45, 2.75) is 45.3 Å². The maximum absolute atomic E-state index is 12.3. The van der Waals surface area contributed by atoms with Crippen molar-refractivity contribution in [2.75, 3.05) is 20.1 Å². The van der Waals surface area contributed by atoms with Crippen molar-refractivity contribution in [2.24, 2.45) is 0 Å². The molecule has 1 aromatic heterocycles. The molecule has 1 aliphatic heterocycles. The Morgan fingerprint density at radius 1 is 1.32 bits per heavy atom. The van der Waals surface area contributed by atoms with Gasteiger partial charge >= 0.3 is 0 Å². The summed E-state index contributed by atoms with van der Waals surface area (Å²) in [4.78, 5) is 27.6. The minimum absolute atomic E-state index is 0.00295. The zero-order valence-electron chi connectivity index (χ0n) is 15.4. The smallest absolute Gasteiger partial charge is 0.293 e. The highest BCUT2D eigenvalue weighted by Gasteiger charge is 2.28. The summed E-state index contributed by atoms with van der Waals surface area (Å²) in [6, 6.07) is 2.94. The molecule has 1 fully saturated rings. The molecule has 138 valence electrons. The van der Waals surface area contributed by atoms with Crippen molar-refractivity contribution in [1.82, 2.24) is 15.2 Å². The highest BCUT2D eigenvalue weighted by atomic mass is 16.5. The first-order valence-corrected chi connectivity index (χ1v) is 8.36. The Hall–Kier alpha value is -2.28. The number of nitrogens with zero attached hydrogens (tertiary/aromatic N) is 2. The van der Waals surface area contributed by atoms with Gasteiger partial charge in [-0.25, -0.2) is 0 Å². The van der Waals surface area contributed by atoms with Crippen LogP contribution in [0.1, 0.15) is 39.2 Å². The van der Waals surface area contributed by atoms with Crippen LogP contribution in [0.3, 0.4) is 0 Å². The van der Waals surface area contributed by atoms with Gasteiger partial charge in [-0.15, -0.1) is 0 Å². The van der Waals surface area contributed by atoms with Gasteiger partial charge in [-0.05, 0) is 52.8 Å². The predicted octanol–water partition coefficient (Wildman–Crippen LogP) is 1.62. The summed E-state index contributed by atoms with van der Waals surface area (Å²) < 4.78 is 4.55. The van der Waals surface area contributed by atoms with Gasteiger partial charge in [0.15, 0.2) is 0 Å². The third-order valence-corrected chi connectivity index (χ3v) is 3.64. The first-order valence-electron chi connectivity index (χ1n) is 8.36. The summed E-state index contributed by atoms with van der Waals surface area (Å²) in [7, 11) is 1.72. The number of rotatable bonds is 5. The number of ether oxygens (including phenoxy) is 1. The average molecular weight is 348 g/mol. The molecule has 0 radical (unpaired) electrons. The molecular formula is C18H28N4O3. The molecule has 1 aromatic rings. The van der Waals surface area contributed by atoms with E-state index in [2.05, 4.69) is 15.0 Å². The molecule has 0 saturated carbocycles. The lowest BCUT2D eigenvalue weighted by atomic mass is 10.0. The predicted molar refractivity (Wildman–Crippen MR) is 96.6 cm³/mol. The van der Waals surface area contributed by atoms with Gasteiger partial charge in [-0.1, -0.05) is 0 Å². The molecule has 7 heteroatoms. The molecule has 0 aromatic carbocycles. The third-order valence-electron chi connectivity index (χ3n) is 3.64. The van der Waals surface area contributed by atoms with Gasteiger partial charge in [0.25, 0.3) is 6.47 Å². The highest BCUT2D eigenvalue weighted by molar-refractivity contribution is 6.14. The number of carbonyl (C=O) groups is 2. The van der Waals surface area contributed by atoms with Crippen molar-refractivity contribution in [1.29, 1.82) is 5.41 Å². The number of likely N-dealkylation sites (N-methyl/N-ethyl adjacent to an activating group) is 1. The molecule has 25 heavy (non-hydrogen) atoms. The number of amides is 1. The van der Waals surface area contributed by atoms with Crippen LogP contribution in [0.4, 0.5) is 0 Å². The first kappa shape index (κ1) is 20.8. The van der Waals surface area contributed by atoms with Crippen LogP contribution in [0.25, 0.3) is 0 Å². The Bertz CT molecular complexity index is 563. The molecule has 1 amide bonds. The molecule has 1 saturated heterocycles. The summed E-state index contributed by atoms with van der Waals surface area (Å²) in [6.45, 7) is 7.53. The van der Waals surface area contributed by atoms with Crippen molar-refractivity contribution in [3.8, 4) is 0 Å². The van der Waals surface area contributed by atoms with E-state index >= 15 is 0 Å². The highest BCUT2D eigenvalue weighted by Crippen LogP contribution is 2.11. The van der Waals surface area contributed by atoms with Crippen molar-refractivity contribution < 1.29 is 14.3 Å². The van der Waals surface area contributed by atoms with E-state index in [9.17, 15) is 9.59 Å². The summed E-state index contributed by atoms with van der Waals surface area (Å²) >= 11 is 0. The Balaban J connectivity index is 0.000000381. The fraction of sp³-hybridized carbons (Fsp3) is 0.556. The average Bonchev–Trinajstić information content (AvgIpc) is 3.10.